The van der Waals surface area contributed by atoms with Gasteiger partial charge in [-0.25, -0.2) is 10.7 Å². The van der Waals surface area contributed by atoms with E-state index in [2.05, 4.69) is 15.6 Å². The highest BCUT2D eigenvalue weighted by Gasteiger charge is 2.52. The summed E-state index contributed by atoms with van der Waals surface area (Å²) in [6.07, 6.45) is -1.92. The zero-order valence-corrected chi connectivity index (χ0v) is 22.5. The topological polar surface area (TPSA) is 166 Å². The largest absolute Gasteiger partial charge is 0.478 e. The molecular weight excluding hydrogens is 511 g/mol. The number of rotatable bonds is 12. The molecule has 7 atom stereocenters. The number of nitrogens with zero attached hydrogens (tertiary/aromatic N) is 2. The van der Waals surface area contributed by atoms with Crippen molar-refractivity contribution < 1.29 is 33.2 Å². The lowest BCUT2D eigenvalue weighted by Crippen LogP contribution is -2.69. The number of likely N-dealkylation sites (tertiary alicyclic amines) is 1. The first kappa shape index (κ1) is 28.9. The van der Waals surface area contributed by atoms with E-state index < -0.39 is 36.5 Å². The summed E-state index contributed by atoms with van der Waals surface area (Å²) >= 11 is 0. The van der Waals surface area contributed by atoms with Crippen molar-refractivity contribution in [3.8, 4) is 11.5 Å². The Morgan fingerprint density at radius 3 is 2.72 bits per heavy atom. The summed E-state index contributed by atoms with van der Waals surface area (Å²) in [6, 6.07) is 7.51. The molecule has 4 rings (SSSR count). The van der Waals surface area contributed by atoms with Gasteiger partial charge in [-0.2, -0.15) is 0 Å². The van der Waals surface area contributed by atoms with Crippen LogP contribution in [0.25, 0.3) is 0 Å². The van der Waals surface area contributed by atoms with Crippen molar-refractivity contribution in [3.63, 3.8) is 0 Å². The molecule has 1 saturated heterocycles. The highest BCUT2D eigenvalue weighted by Crippen LogP contribution is 2.40. The fourth-order valence-corrected chi connectivity index (χ4v) is 4.81. The molecule has 0 aliphatic carbocycles. The number of anilines is 1. The Kier molecular flexibility index (Phi) is 8.89. The minimum Gasteiger partial charge on any atom is -0.465 e. The van der Waals surface area contributed by atoms with Gasteiger partial charge in [0.1, 0.15) is 24.3 Å². The first-order valence-electron chi connectivity index (χ1n) is 12.9. The lowest BCUT2D eigenvalue weighted by atomic mass is 9.81. The molecule has 6 unspecified atom stereocenters. The SMILES string of the molecule is CCOC(=O)C1[C@@H](Cc2ccnc(NC(OC)C(C)N)c2)C(O)N1CNC(C)c1ccc2c(c1)OC(N)(F)O2. The fourth-order valence-electron chi connectivity index (χ4n) is 4.81. The maximum atomic E-state index is 13.8. The number of alkyl halides is 1. The van der Waals surface area contributed by atoms with Gasteiger partial charge in [-0.1, -0.05) is 6.07 Å². The summed E-state index contributed by atoms with van der Waals surface area (Å²) in [4.78, 5) is 18.8. The third-order valence-electron chi connectivity index (χ3n) is 6.88. The van der Waals surface area contributed by atoms with Crippen LogP contribution in [0.3, 0.4) is 0 Å². The van der Waals surface area contributed by atoms with E-state index in [1.165, 1.54) is 0 Å². The van der Waals surface area contributed by atoms with E-state index in [1.54, 1.807) is 43.3 Å². The molecule has 0 radical (unpaired) electrons. The summed E-state index contributed by atoms with van der Waals surface area (Å²) in [5.74, 6) is 0.189. The molecule has 12 nitrogen and oxygen atoms in total. The van der Waals surface area contributed by atoms with Crippen LogP contribution < -0.4 is 31.6 Å². The first-order valence-corrected chi connectivity index (χ1v) is 12.9. The summed E-state index contributed by atoms with van der Waals surface area (Å²) in [5, 5.41) is 17.5. The van der Waals surface area contributed by atoms with Crippen LogP contribution >= 0.6 is 0 Å². The number of hydrogen-bond donors (Lipinski definition) is 5. The average Bonchev–Trinajstić information content (AvgIpc) is 3.21. The van der Waals surface area contributed by atoms with Crippen molar-refractivity contribution in [1.29, 1.82) is 0 Å². The molecular formula is C26H37FN6O6. The molecule has 2 aliphatic rings. The highest BCUT2D eigenvalue weighted by molar-refractivity contribution is 5.77. The summed E-state index contributed by atoms with van der Waals surface area (Å²) in [5.41, 5.74) is 12.9. The molecule has 0 saturated carbocycles. The van der Waals surface area contributed by atoms with Crippen LogP contribution in [-0.4, -0.2) is 72.0 Å². The number of aliphatic hydroxyl groups is 1. The highest BCUT2D eigenvalue weighted by atomic mass is 19.2. The Morgan fingerprint density at radius 2 is 2.03 bits per heavy atom. The van der Waals surface area contributed by atoms with E-state index in [1.807, 2.05) is 26.0 Å². The number of fused-ring (bicyclic) bond motifs is 1. The van der Waals surface area contributed by atoms with E-state index in [-0.39, 0.29) is 36.9 Å². The monoisotopic (exact) mass is 548 g/mol. The van der Waals surface area contributed by atoms with E-state index >= 15 is 0 Å². The van der Waals surface area contributed by atoms with Gasteiger partial charge in [0.05, 0.1) is 13.3 Å². The number of hydrogen-bond acceptors (Lipinski definition) is 12. The van der Waals surface area contributed by atoms with Crippen molar-refractivity contribution in [2.24, 2.45) is 17.4 Å². The molecule has 0 bridgehead atoms. The van der Waals surface area contributed by atoms with Crippen LogP contribution in [0.15, 0.2) is 36.5 Å². The number of aliphatic hydroxyl groups excluding tert-OH is 1. The number of esters is 1. The standard InChI is InChI=1S/C26H37FN6O6/c1-5-37-25(35)22-18(10-16-8-9-30-21(11-16)32-23(36-4)14(2)28)24(34)33(22)13-31-15(3)17-6-7-19-20(12-17)39-26(27,29)38-19/h6-9,11-12,14-15,18,22-24,31,34H,5,10,13,28-29H2,1-4H3,(H,30,32)/t14?,15?,18-,22?,23?,24?,26?/m1/s1. The van der Waals surface area contributed by atoms with Gasteiger partial charge in [-0.05, 0) is 62.6 Å². The Labute approximate surface area is 226 Å². The predicted octanol–water partition coefficient (Wildman–Crippen LogP) is 1.16. The molecule has 7 N–H and O–H groups in total. The third-order valence-corrected chi connectivity index (χ3v) is 6.88. The molecule has 0 spiro atoms. The van der Waals surface area contributed by atoms with Crippen LogP contribution in [0.4, 0.5) is 10.2 Å². The average molecular weight is 549 g/mol. The second kappa shape index (κ2) is 12.0. The van der Waals surface area contributed by atoms with Gasteiger partial charge >= 0.3 is 12.1 Å². The van der Waals surface area contributed by atoms with Crippen LogP contribution in [0.5, 0.6) is 11.5 Å². The third kappa shape index (κ3) is 6.57. The smallest absolute Gasteiger partial charge is 0.465 e. The lowest BCUT2D eigenvalue weighted by molar-refractivity contribution is -0.203. The number of halogens is 1. The number of aromatic nitrogens is 1. The van der Waals surface area contributed by atoms with Crippen LogP contribution in [0.2, 0.25) is 0 Å². The molecule has 2 aliphatic heterocycles. The molecule has 214 valence electrons. The Balaban J connectivity index is 1.41. The number of carbonyl (C=O) groups is 1. The number of nitrogens with two attached hydrogens (primary N) is 2. The maximum absolute atomic E-state index is 13.8. The minimum absolute atomic E-state index is 0.198. The van der Waals surface area contributed by atoms with Gasteiger partial charge in [0, 0.05) is 31.3 Å². The molecule has 2 aromatic rings. The van der Waals surface area contributed by atoms with Crippen molar-refractivity contribution in [3.05, 3.63) is 47.7 Å². The predicted molar refractivity (Wildman–Crippen MR) is 140 cm³/mol. The number of methoxy groups -OCH3 is 1. The Bertz CT molecular complexity index is 1150. The number of nitrogens with one attached hydrogen (secondary N) is 2. The second-order valence-electron chi connectivity index (χ2n) is 9.78. The van der Waals surface area contributed by atoms with Gasteiger partial charge in [0.15, 0.2) is 11.5 Å². The van der Waals surface area contributed by atoms with Crippen molar-refractivity contribution >= 4 is 11.8 Å². The van der Waals surface area contributed by atoms with Crippen molar-refractivity contribution in [2.75, 3.05) is 25.7 Å². The quantitative estimate of drug-likeness (QED) is 0.146. The molecule has 39 heavy (non-hydrogen) atoms. The molecule has 13 heteroatoms. The Hall–Kier alpha value is -3.07. The molecule has 3 heterocycles. The van der Waals surface area contributed by atoms with Gasteiger partial charge in [0.2, 0.25) is 0 Å². The fraction of sp³-hybridized carbons (Fsp3) is 0.538. The molecule has 1 fully saturated rings. The normalized spacial score (nSPS) is 26.4. The zero-order valence-electron chi connectivity index (χ0n) is 22.5. The second-order valence-corrected chi connectivity index (χ2v) is 9.78. The summed E-state index contributed by atoms with van der Waals surface area (Å²) < 4.78 is 34.4. The lowest BCUT2D eigenvalue weighted by Gasteiger charge is -2.51. The number of pyridine rings is 1. The van der Waals surface area contributed by atoms with E-state index in [9.17, 15) is 14.3 Å². The van der Waals surface area contributed by atoms with E-state index in [4.69, 9.17) is 30.4 Å². The zero-order chi connectivity index (χ0) is 28.3. The van der Waals surface area contributed by atoms with Crippen molar-refractivity contribution in [2.45, 2.75) is 63.9 Å². The van der Waals surface area contributed by atoms with Crippen molar-refractivity contribution in [1.82, 2.24) is 15.2 Å². The number of benzene rings is 1. The van der Waals surface area contributed by atoms with E-state index in [0.29, 0.717) is 12.2 Å². The van der Waals surface area contributed by atoms with E-state index in [0.717, 1.165) is 11.1 Å². The molecule has 1 aromatic carbocycles. The van der Waals surface area contributed by atoms with Gasteiger partial charge < -0.3 is 35.1 Å². The van der Waals surface area contributed by atoms with Gasteiger partial charge in [-0.15, -0.1) is 4.39 Å². The van der Waals surface area contributed by atoms with Gasteiger partial charge in [-0.3, -0.25) is 15.0 Å². The van der Waals surface area contributed by atoms with Crippen LogP contribution in [0.1, 0.15) is 37.9 Å². The van der Waals surface area contributed by atoms with Crippen LogP contribution in [0, 0.1) is 5.92 Å². The minimum atomic E-state index is -2.69. The summed E-state index contributed by atoms with van der Waals surface area (Å²) in [6.45, 7) is 5.89. The molecule has 1 aromatic heterocycles. The maximum Gasteiger partial charge on any atom is 0.478 e. The molecule has 0 amide bonds. The number of carbonyl (C=O) groups excluding carboxylic acids is 1. The number of ether oxygens (including phenoxy) is 4. The Morgan fingerprint density at radius 1 is 1.28 bits per heavy atom. The van der Waals surface area contributed by atoms with Gasteiger partial charge in [0.25, 0.3) is 0 Å². The first-order chi connectivity index (χ1) is 18.5. The summed E-state index contributed by atoms with van der Waals surface area (Å²) in [7, 11) is 1.56. The van der Waals surface area contributed by atoms with Crippen LogP contribution in [-0.2, 0) is 20.7 Å².